The van der Waals surface area contributed by atoms with Gasteiger partial charge in [-0.05, 0) is 44.7 Å². The molecule has 0 aliphatic carbocycles. The van der Waals surface area contributed by atoms with E-state index in [1.807, 2.05) is 24.0 Å². The molecule has 4 rings (SSSR count). The van der Waals surface area contributed by atoms with E-state index in [2.05, 4.69) is 31.7 Å². The topological polar surface area (TPSA) is 88.2 Å². The second-order valence-electron chi connectivity index (χ2n) is 7.68. The number of nitrogen functional groups attached to an aromatic ring is 1. The van der Waals surface area contributed by atoms with Crippen LogP contribution in [-0.4, -0.2) is 51.9 Å². The van der Waals surface area contributed by atoms with E-state index in [1.165, 1.54) is 0 Å². The quantitative estimate of drug-likeness (QED) is 0.789. The van der Waals surface area contributed by atoms with Crippen LogP contribution in [0.4, 0.5) is 11.8 Å². The lowest BCUT2D eigenvalue weighted by atomic mass is 9.96. The number of amides is 1. The van der Waals surface area contributed by atoms with E-state index in [1.54, 1.807) is 12.4 Å². The molecule has 7 heteroatoms. The molecule has 4 heterocycles. The predicted molar refractivity (Wildman–Crippen MR) is 112 cm³/mol. The largest absolute Gasteiger partial charge is 0.368 e. The molecule has 2 aromatic rings. The molecule has 0 bridgehead atoms. The maximum Gasteiger partial charge on any atom is 0.227 e. The van der Waals surface area contributed by atoms with E-state index in [4.69, 9.17) is 5.73 Å². The Labute approximate surface area is 171 Å². The summed E-state index contributed by atoms with van der Waals surface area (Å²) >= 11 is 0. The van der Waals surface area contributed by atoms with Gasteiger partial charge in [-0.2, -0.15) is 4.98 Å². The summed E-state index contributed by atoms with van der Waals surface area (Å²) < 4.78 is 0. The van der Waals surface area contributed by atoms with E-state index in [0.717, 1.165) is 68.0 Å². The smallest absolute Gasteiger partial charge is 0.227 e. The van der Waals surface area contributed by atoms with Crippen LogP contribution in [0.3, 0.4) is 0 Å². The van der Waals surface area contributed by atoms with Crippen LogP contribution in [-0.2, 0) is 4.79 Å². The summed E-state index contributed by atoms with van der Waals surface area (Å²) in [4.78, 5) is 30.0. The first-order valence-electron chi connectivity index (χ1n) is 10.2. The number of rotatable bonds is 2. The number of nitrogens with two attached hydrogens (primary N) is 1. The molecule has 2 fully saturated rings. The van der Waals surface area contributed by atoms with Gasteiger partial charge in [0.1, 0.15) is 5.82 Å². The van der Waals surface area contributed by atoms with Gasteiger partial charge in [-0.1, -0.05) is 11.8 Å². The number of hydrogen-bond acceptors (Lipinski definition) is 6. The summed E-state index contributed by atoms with van der Waals surface area (Å²) in [5.74, 6) is 7.59. The molecule has 1 amide bonds. The third-order valence-corrected chi connectivity index (χ3v) is 5.57. The van der Waals surface area contributed by atoms with Crippen molar-refractivity contribution in [2.45, 2.75) is 32.6 Å². The molecule has 0 spiro atoms. The summed E-state index contributed by atoms with van der Waals surface area (Å²) in [6.07, 6.45) is 7.53. The molecule has 150 valence electrons. The fourth-order valence-electron chi connectivity index (χ4n) is 4.09. The highest BCUT2D eigenvalue weighted by atomic mass is 16.2. The van der Waals surface area contributed by atoms with Crippen molar-refractivity contribution in [2.75, 3.05) is 36.8 Å². The Bertz CT molecular complexity index is 943. The second-order valence-corrected chi connectivity index (χ2v) is 7.68. The van der Waals surface area contributed by atoms with E-state index in [9.17, 15) is 4.79 Å². The van der Waals surface area contributed by atoms with Gasteiger partial charge in [0.05, 0.1) is 17.2 Å². The number of likely N-dealkylation sites (tertiary alicyclic amines) is 1. The van der Waals surface area contributed by atoms with Crippen LogP contribution in [0.1, 0.15) is 42.5 Å². The molecule has 0 radical (unpaired) electrons. The Hall–Kier alpha value is -3.14. The lowest BCUT2D eigenvalue weighted by molar-refractivity contribution is -0.134. The van der Waals surface area contributed by atoms with Crippen LogP contribution < -0.4 is 10.6 Å². The van der Waals surface area contributed by atoms with Crippen molar-refractivity contribution < 1.29 is 4.79 Å². The van der Waals surface area contributed by atoms with E-state index in [-0.39, 0.29) is 17.8 Å². The summed E-state index contributed by atoms with van der Waals surface area (Å²) in [5.41, 5.74) is 8.29. The van der Waals surface area contributed by atoms with Crippen molar-refractivity contribution in [3.8, 4) is 11.8 Å². The number of carbonyl (C=O) groups excluding carboxylic acids is 1. The third kappa shape index (κ3) is 4.32. The first-order chi connectivity index (χ1) is 14.1. The van der Waals surface area contributed by atoms with Crippen LogP contribution in [0, 0.1) is 24.7 Å². The van der Waals surface area contributed by atoms with E-state index in [0.29, 0.717) is 6.54 Å². The van der Waals surface area contributed by atoms with Gasteiger partial charge >= 0.3 is 0 Å². The molecular formula is C22H26N6O. The van der Waals surface area contributed by atoms with Gasteiger partial charge in [-0.3, -0.25) is 9.78 Å². The van der Waals surface area contributed by atoms with Crippen molar-refractivity contribution >= 4 is 17.7 Å². The highest BCUT2D eigenvalue weighted by Gasteiger charge is 2.32. The average Bonchev–Trinajstić information content (AvgIpc) is 3.28. The zero-order valence-corrected chi connectivity index (χ0v) is 16.8. The Morgan fingerprint density at radius 1 is 1.17 bits per heavy atom. The van der Waals surface area contributed by atoms with Crippen LogP contribution >= 0.6 is 0 Å². The summed E-state index contributed by atoms with van der Waals surface area (Å²) in [6, 6.07) is 3.77. The van der Waals surface area contributed by atoms with Crippen LogP contribution in [0.25, 0.3) is 0 Å². The van der Waals surface area contributed by atoms with Crippen LogP contribution in [0.2, 0.25) is 0 Å². The number of aromatic nitrogens is 3. The van der Waals surface area contributed by atoms with Crippen molar-refractivity contribution in [2.24, 2.45) is 5.92 Å². The van der Waals surface area contributed by atoms with Crippen molar-refractivity contribution in [1.82, 2.24) is 19.9 Å². The Kier molecular flexibility index (Phi) is 5.61. The molecule has 2 saturated heterocycles. The van der Waals surface area contributed by atoms with Gasteiger partial charge in [0.2, 0.25) is 11.9 Å². The normalized spacial score (nSPS) is 19.0. The molecule has 1 atom stereocenters. The lowest BCUT2D eigenvalue weighted by Crippen LogP contribution is -2.44. The number of nitrogens with zero attached hydrogens (tertiary/aromatic N) is 5. The fourth-order valence-corrected chi connectivity index (χ4v) is 4.09. The maximum absolute atomic E-state index is 12.9. The van der Waals surface area contributed by atoms with Crippen molar-refractivity contribution in [3.63, 3.8) is 0 Å². The van der Waals surface area contributed by atoms with Gasteiger partial charge in [0.15, 0.2) is 0 Å². The van der Waals surface area contributed by atoms with Crippen molar-refractivity contribution in [3.05, 3.63) is 41.3 Å². The fraction of sp³-hybridized carbons (Fsp3) is 0.455. The van der Waals surface area contributed by atoms with Gasteiger partial charge in [0, 0.05) is 44.1 Å². The average molecular weight is 390 g/mol. The Morgan fingerprint density at radius 2 is 2.00 bits per heavy atom. The number of pyridine rings is 1. The molecule has 29 heavy (non-hydrogen) atoms. The molecule has 2 aliphatic heterocycles. The number of hydrogen-bond donors (Lipinski definition) is 1. The Balaban J connectivity index is 1.61. The molecule has 7 nitrogen and oxygen atoms in total. The molecule has 0 unspecified atom stereocenters. The molecule has 2 aliphatic rings. The van der Waals surface area contributed by atoms with Gasteiger partial charge in [0.25, 0.3) is 0 Å². The summed E-state index contributed by atoms with van der Waals surface area (Å²) in [5, 5.41) is 0. The minimum atomic E-state index is -0.00233. The van der Waals surface area contributed by atoms with E-state index < -0.39 is 0 Å². The standard InChI is InChI=1S/C22H26N6O/c1-16-19(9-8-17-6-4-10-24-14-17)20(26-22(23)25-16)28-13-5-7-18(15-28)21(29)27-11-2-3-12-27/h4,6,10,14,18H,2-3,5,7,11-13,15H2,1H3,(H2,23,25,26)/t18-/m1/s1. The molecule has 2 N–H and O–H groups in total. The summed E-state index contributed by atoms with van der Waals surface area (Å²) in [6.45, 7) is 5.15. The van der Waals surface area contributed by atoms with Gasteiger partial charge in [-0.25, -0.2) is 4.98 Å². The zero-order valence-electron chi connectivity index (χ0n) is 16.8. The highest BCUT2D eigenvalue weighted by Crippen LogP contribution is 2.28. The number of carbonyl (C=O) groups is 1. The third-order valence-electron chi connectivity index (χ3n) is 5.57. The first-order valence-corrected chi connectivity index (χ1v) is 10.2. The maximum atomic E-state index is 12.9. The predicted octanol–water partition coefficient (Wildman–Crippen LogP) is 2.00. The Morgan fingerprint density at radius 3 is 2.76 bits per heavy atom. The van der Waals surface area contributed by atoms with Crippen LogP contribution in [0.15, 0.2) is 24.5 Å². The second kappa shape index (κ2) is 8.48. The zero-order chi connectivity index (χ0) is 20.2. The molecule has 0 saturated carbocycles. The van der Waals surface area contributed by atoms with Crippen LogP contribution in [0.5, 0.6) is 0 Å². The number of aryl methyl sites for hydroxylation is 1. The van der Waals surface area contributed by atoms with Gasteiger partial charge in [-0.15, -0.1) is 0 Å². The number of anilines is 2. The minimum absolute atomic E-state index is 0.00233. The van der Waals surface area contributed by atoms with Crippen molar-refractivity contribution in [1.29, 1.82) is 0 Å². The first kappa shape index (κ1) is 19.2. The molecule has 0 aromatic carbocycles. The highest BCUT2D eigenvalue weighted by molar-refractivity contribution is 5.80. The monoisotopic (exact) mass is 390 g/mol. The molecular weight excluding hydrogens is 364 g/mol. The molecule has 2 aromatic heterocycles. The number of piperidine rings is 1. The summed E-state index contributed by atoms with van der Waals surface area (Å²) in [7, 11) is 0. The van der Waals surface area contributed by atoms with Gasteiger partial charge < -0.3 is 15.5 Å². The van der Waals surface area contributed by atoms with E-state index >= 15 is 0 Å². The SMILES string of the molecule is Cc1nc(N)nc(N2CCC[C@@H](C(=O)N3CCCC3)C2)c1C#Cc1cccnc1. The lowest BCUT2D eigenvalue weighted by Gasteiger charge is -2.35. The minimum Gasteiger partial charge on any atom is -0.368 e.